The third-order valence-corrected chi connectivity index (χ3v) is 5.96. The second-order valence-corrected chi connectivity index (χ2v) is 8.52. The highest BCUT2D eigenvalue weighted by Gasteiger charge is 2.38. The van der Waals surface area contributed by atoms with Gasteiger partial charge in [0.15, 0.2) is 0 Å². The number of benzene rings is 2. The maximum absolute atomic E-state index is 12.8. The quantitative estimate of drug-likeness (QED) is 0.588. The van der Waals surface area contributed by atoms with Crippen molar-refractivity contribution in [2.24, 2.45) is 0 Å². The molecule has 2 aliphatic heterocycles. The van der Waals surface area contributed by atoms with Crippen LogP contribution < -0.4 is 16.0 Å². The van der Waals surface area contributed by atoms with Crippen LogP contribution in [0.15, 0.2) is 42.5 Å². The largest absolute Gasteiger partial charge is 0.376 e. The van der Waals surface area contributed by atoms with Crippen LogP contribution in [0.5, 0.6) is 0 Å². The van der Waals surface area contributed by atoms with Gasteiger partial charge in [-0.05, 0) is 68.1 Å². The molecule has 33 heavy (non-hydrogen) atoms. The molecule has 2 aromatic carbocycles. The molecule has 1 aliphatic carbocycles. The summed E-state index contributed by atoms with van der Waals surface area (Å²) in [6, 6.07) is 11.3. The van der Waals surface area contributed by atoms with Gasteiger partial charge in [0.25, 0.3) is 17.7 Å². The summed E-state index contributed by atoms with van der Waals surface area (Å²) < 4.78 is 5.55. The average molecular weight is 448 g/mol. The number of nitrogens with zero attached hydrogens (tertiary/aromatic N) is 1. The molecule has 9 heteroatoms. The monoisotopic (exact) mass is 448 g/mol. The lowest BCUT2D eigenvalue weighted by Gasteiger charge is -2.17. The van der Waals surface area contributed by atoms with E-state index >= 15 is 0 Å². The summed E-state index contributed by atoms with van der Waals surface area (Å²) in [5.74, 6) is -1.16. The first kappa shape index (κ1) is 21.1. The van der Waals surface area contributed by atoms with Gasteiger partial charge in [-0.15, -0.1) is 0 Å². The number of amides is 5. The number of fused-ring (bicyclic) bond motifs is 1. The first-order valence-corrected chi connectivity index (χ1v) is 11.1. The predicted octanol–water partition coefficient (Wildman–Crippen LogP) is 3.00. The Kier molecular flexibility index (Phi) is 5.55. The Morgan fingerprint density at radius 2 is 1.61 bits per heavy atom. The summed E-state index contributed by atoms with van der Waals surface area (Å²) in [6.45, 7) is 0.871. The summed E-state index contributed by atoms with van der Waals surface area (Å²) in [7, 11) is 0. The molecule has 5 rings (SSSR count). The van der Waals surface area contributed by atoms with Gasteiger partial charge in [0.1, 0.15) is 0 Å². The zero-order valence-electron chi connectivity index (χ0n) is 17.9. The van der Waals surface area contributed by atoms with Crippen molar-refractivity contribution in [1.29, 1.82) is 0 Å². The molecule has 2 aromatic rings. The number of anilines is 2. The van der Waals surface area contributed by atoms with Gasteiger partial charge >= 0.3 is 6.03 Å². The van der Waals surface area contributed by atoms with Gasteiger partial charge in [-0.3, -0.25) is 19.3 Å². The van der Waals surface area contributed by atoms with Gasteiger partial charge in [-0.2, -0.15) is 0 Å². The van der Waals surface area contributed by atoms with Gasteiger partial charge in [0.05, 0.1) is 23.8 Å². The number of ether oxygens (including phenoxy) is 1. The molecule has 9 nitrogen and oxygen atoms in total. The number of carbonyl (C=O) groups excluding carboxylic acids is 4. The van der Waals surface area contributed by atoms with Crippen molar-refractivity contribution >= 4 is 35.1 Å². The summed E-state index contributed by atoms with van der Waals surface area (Å²) in [4.78, 5) is 51.2. The second-order valence-electron chi connectivity index (χ2n) is 8.52. The number of nitrogens with one attached hydrogen (secondary N) is 3. The Labute approximate surface area is 190 Å². The van der Waals surface area contributed by atoms with E-state index in [9.17, 15) is 19.2 Å². The Balaban J connectivity index is 1.23. The summed E-state index contributed by atoms with van der Waals surface area (Å²) in [5.41, 5.74) is 1.95. The number of hydrogen-bond donors (Lipinski definition) is 3. The van der Waals surface area contributed by atoms with Crippen LogP contribution in [0.4, 0.5) is 16.2 Å². The smallest absolute Gasteiger partial charge is 0.319 e. The normalized spacial score (nSPS) is 19.4. The highest BCUT2D eigenvalue weighted by Crippen LogP contribution is 2.26. The maximum atomic E-state index is 12.8. The van der Waals surface area contributed by atoms with Crippen molar-refractivity contribution in [3.05, 3.63) is 59.2 Å². The van der Waals surface area contributed by atoms with Gasteiger partial charge < -0.3 is 20.7 Å². The van der Waals surface area contributed by atoms with Crippen molar-refractivity contribution in [3.8, 4) is 0 Å². The Morgan fingerprint density at radius 1 is 0.909 bits per heavy atom. The van der Waals surface area contributed by atoms with E-state index in [0.717, 1.165) is 25.7 Å². The van der Waals surface area contributed by atoms with E-state index in [1.165, 1.54) is 23.1 Å². The van der Waals surface area contributed by atoms with E-state index in [0.29, 0.717) is 23.5 Å². The van der Waals surface area contributed by atoms with E-state index in [-0.39, 0.29) is 41.8 Å². The van der Waals surface area contributed by atoms with E-state index in [1.807, 2.05) is 0 Å². The van der Waals surface area contributed by atoms with Crippen molar-refractivity contribution in [2.45, 2.75) is 37.8 Å². The summed E-state index contributed by atoms with van der Waals surface area (Å²) >= 11 is 0. The van der Waals surface area contributed by atoms with Crippen LogP contribution in [0.1, 0.15) is 56.8 Å². The van der Waals surface area contributed by atoms with Crippen molar-refractivity contribution in [2.75, 3.05) is 23.8 Å². The van der Waals surface area contributed by atoms with Gasteiger partial charge in [0, 0.05) is 29.6 Å². The van der Waals surface area contributed by atoms with Crippen molar-refractivity contribution in [3.63, 3.8) is 0 Å². The molecule has 1 atom stereocenters. The fourth-order valence-electron chi connectivity index (χ4n) is 4.01. The predicted molar refractivity (Wildman–Crippen MR) is 120 cm³/mol. The lowest BCUT2D eigenvalue weighted by molar-refractivity contribution is 0.0475. The summed E-state index contributed by atoms with van der Waals surface area (Å²) in [6.07, 6.45) is 3.62. The topological polar surface area (TPSA) is 117 Å². The lowest BCUT2D eigenvalue weighted by Crippen LogP contribution is -2.36. The van der Waals surface area contributed by atoms with Crippen molar-refractivity contribution < 1.29 is 23.9 Å². The first-order valence-electron chi connectivity index (χ1n) is 11.1. The number of rotatable bonds is 6. The molecule has 170 valence electrons. The molecule has 2 heterocycles. The van der Waals surface area contributed by atoms with Crippen LogP contribution in [-0.2, 0) is 4.74 Å². The average Bonchev–Trinajstić information content (AvgIpc) is 3.40. The second kappa shape index (κ2) is 8.67. The van der Waals surface area contributed by atoms with E-state index in [4.69, 9.17) is 4.74 Å². The SMILES string of the molecule is O=C(Nc1ccc(NC(=O)c2ccc3c(c2)C(=O)N(CC2CCCO2)C3=O)cc1)NC1CC1. The number of carbonyl (C=O) groups is 4. The lowest BCUT2D eigenvalue weighted by atomic mass is 10.1. The zero-order valence-corrected chi connectivity index (χ0v) is 17.9. The minimum atomic E-state index is -0.403. The highest BCUT2D eigenvalue weighted by molar-refractivity contribution is 6.22. The first-order chi connectivity index (χ1) is 16.0. The minimum Gasteiger partial charge on any atom is -0.376 e. The molecule has 0 radical (unpaired) electrons. The number of imide groups is 1. The molecular weight excluding hydrogens is 424 g/mol. The third kappa shape index (κ3) is 4.58. The molecule has 1 saturated heterocycles. The van der Waals surface area contributed by atoms with E-state index in [2.05, 4.69) is 16.0 Å². The fourth-order valence-corrected chi connectivity index (χ4v) is 4.01. The third-order valence-electron chi connectivity index (χ3n) is 5.96. The standard InChI is InChI=1S/C24H24N4O5/c29-21(25-15-4-6-16(7-5-15)26-24(32)27-17-8-9-17)14-3-10-19-20(12-14)23(31)28(22(19)30)13-18-2-1-11-33-18/h3-7,10,12,17-18H,1-2,8-9,11,13H2,(H,25,29)(H2,26,27,32). The fraction of sp³-hybridized carbons (Fsp3) is 0.333. The molecule has 1 saturated carbocycles. The van der Waals surface area contributed by atoms with Crippen LogP contribution in [-0.4, -0.2) is 54.0 Å². The molecule has 3 N–H and O–H groups in total. The molecule has 3 aliphatic rings. The molecule has 2 fully saturated rings. The van der Waals surface area contributed by atoms with E-state index in [1.54, 1.807) is 24.3 Å². The molecule has 5 amide bonds. The Bertz CT molecular complexity index is 1120. The van der Waals surface area contributed by atoms with Gasteiger partial charge in [-0.25, -0.2) is 4.79 Å². The van der Waals surface area contributed by atoms with Crippen LogP contribution in [0.25, 0.3) is 0 Å². The molecular formula is C24H24N4O5. The van der Waals surface area contributed by atoms with Gasteiger partial charge in [0.2, 0.25) is 0 Å². The van der Waals surface area contributed by atoms with Crippen molar-refractivity contribution in [1.82, 2.24) is 10.2 Å². The Hall–Kier alpha value is -3.72. The van der Waals surface area contributed by atoms with Crippen LogP contribution in [0.2, 0.25) is 0 Å². The number of urea groups is 1. The Morgan fingerprint density at radius 3 is 2.27 bits per heavy atom. The molecule has 0 spiro atoms. The zero-order chi connectivity index (χ0) is 22.9. The number of hydrogen-bond acceptors (Lipinski definition) is 5. The van der Waals surface area contributed by atoms with Crippen LogP contribution in [0.3, 0.4) is 0 Å². The van der Waals surface area contributed by atoms with Crippen LogP contribution >= 0.6 is 0 Å². The minimum absolute atomic E-state index is 0.132. The highest BCUT2D eigenvalue weighted by atomic mass is 16.5. The molecule has 0 aromatic heterocycles. The molecule has 1 unspecified atom stereocenters. The maximum Gasteiger partial charge on any atom is 0.319 e. The van der Waals surface area contributed by atoms with Crippen LogP contribution in [0, 0.1) is 0 Å². The summed E-state index contributed by atoms with van der Waals surface area (Å²) in [5, 5.41) is 8.36. The van der Waals surface area contributed by atoms with E-state index < -0.39 is 11.8 Å². The molecule has 0 bridgehead atoms. The van der Waals surface area contributed by atoms with Gasteiger partial charge in [-0.1, -0.05) is 0 Å².